The Morgan fingerprint density at radius 1 is 0.700 bits per heavy atom. The van der Waals surface area contributed by atoms with Gasteiger partial charge in [0.2, 0.25) is 0 Å². The lowest BCUT2D eigenvalue weighted by atomic mass is 10.0. The summed E-state index contributed by atoms with van der Waals surface area (Å²) in [5.74, 6) is 1.50. The van der Waals surface area contributed by atoms with Gasteiger partial charge in [0.05, 0.1) is 5.69 Å². The maximum atomic E-state index is 4.14. The zero-order valence-electron chi connectivity index (χ0n) is 19.5. The summed E-state index contributed by atoms with van der Waals surface area (Å²) in [6, 6.07) is 20.6. The van der Waals surface area contributed by atoms with E-state index in [0.29, 0.717) is 0 Å². The van der Waals surface area contributed by atoms with Crippen LogP contribution in [0.15, 0.2) is 84.8 Å². The first-order chi connectivity index (χ1) is 14.4. The van der Waals surface area contributed by atoms with Crippen molar-refractivity contribution in [3.63, 3.8) is 0 Å². The molecule has 2 aromatic heterocycles. The molecule has 0 N–H and O–H groups in total. The predicted octanol–water partition coefficient (Wildman–Crippen LogP) is 7.67. The standard InChI is InChI=1S/C10H14.C9H13N.C9H11N/c1-9(2)8-10-6-4-3-5-7-10;1-8(2)7-9-3-5-10-6-4-9;1-8(2)7-9-5-3-4-6-10-9/h3-7,9H,8H2,1-2H3;3-6,8H,7H2,1-2H3;3-7H,1-2H3. The quantitative estimate of drug-likeness (QED) is 0.437. The molecule has 0 aliphatic carbocycles. The number of hydrogen-bond acceptors (Lipinski definition) is 2. The van der Waals surface area contributed by atoms with Crippen LogP contribution in [0.5, 0.6) is 0 Å². The molecule has 0 atom stereocenters. The molecule has 30 heavy (non-hydrogen) atoms. The first-order valence-electron chi connectivity index (χ1n) is 10.9. The molecule has 0 fully saturated rings. The van der Waals surface area contributed by atoms with Crippen LogP contribution >= 0.6 is 0 Å². The molecule has 2 heteroatoms. The maximum absolute atomic E-state index is 4.14. The Balaban J connectivity index is 0.000000225. The lowest BCUT2D eigenvalue weighted by Gasteiger charge is -2.02. The van der Waals surface area contributed by atoms with E-state index in [1.165, 1.54) is 23.1 Å². The van der Waals surface area contributed by atoms with Crippen molar-refractivity contribution >= 4 is 6.08 Å². The van der Waals surface area contributed by atoms with Crippen molar-refractivity contribution in [3.05, 3.63) is 102 Å². The van der Waals surface area contributed by atoms with Gasteiger partial charge in [0, 0.05) is 18.6 Å². The van der Waals surface area contributed by atoms with E-state index in [-0.39, 0.29) is 0 Å². The Morgan fingerprint density at radius 2 is 1.23 bits per heavy atom. The molecule has 0 aliphatic rings. The molecule has 0 bridgehead atoms. The third-order valence-electron chi connectivity index (χ3n) is 4.00. The zero-order valence-corrected chi connectivity index (χ0v) is 19.5. The first kappa shape index (κ1) is 25.3. The molecule has 0 amide bonds. The van der Waals surface area contributed by atoms with Gasteiger partial charge in [-0.05, 0) is 80.0 Å². The second kappa shape index (κ2) is 15.1. The number of rotatable bonds is 5. The highest BCUT2D eigenvalue weighted by molar-refractivity contribution is 5.46. The fourth-order valence-electron chi connectivity index (χ4n) is 2.83. The van der Waals surface area contributed by atoms with Crippen LogP contribution in [-0.4, -0.2) is 9.97 Å². The van der Waals surface area contributed by atoms with Crippen LogP contribution in [0.25, 0.3) is 6.08 Å². The average molecular weight is 403 g/mol. The van der Waals surface area contributed by atoms with Crippen molar-refractivity contribution in [2.75, 3.05) is 0 Å². The highest BCUT2D eigenvalue weighted by Crippen LogP contribution is 2.06. The number of benzene rings is 1. The zero-order chi connectivity index (χ0) is 22.2. The minimum Gasteiger partial charge on any atom is -0.265 e. The Bertz CT molecular complexity index is 758. The van der Waals surface area contributed by atoms with Gasteiger partial charge in [0.15, 0.2) is 0 Å². The van der Waals surface area contributed by atoms with Crippen molar-refractivity contribution in [2.24, 2.45) is 11.8 Å². The summed E-state index contributed by atoms with van der Waals surface area (Å²) in [6.45, 7) is 13.1. The summed E-state index contributed by atoms with van der Waals surface area (Å²) in [5.41, 5.74) is 5.13. The van der Waals surface area contributed by atoms with E-state index < -0.39 is 0 Å². The van der Waals surface area contributed by atoms with Crippen LogP contribution in [0.3, 0.4) is 0 Å². The number of hydrogen-bond donors (Lipinski definition) is 0. The molecule has 160 valence electrons. The van der Waals surface area contributed by atoms with E-state index >= 15 is 0 Å². The van der Waals surface area contributed by atoms with Gasteiger partial charge in [-0.1, -0.05) is 69.7 Å². The van der Waals surface area contributed by atoms with Crippen LogP contribution in [0, 0.1) is 11.8 Å². The average Bonchev–Trinajstić information content (AvgIpc) is 2.70. The van der Waals surface area contributed by atoms with Crippen LogP contribution < -0.4 is 0 Å². The van der Waals surface area contributed by atoms with Crippen LogP contribution in [-0.2, 0) is 12.8 Å². The van der Waals surface area contributed by atoms with Gasteiger partial charge < -0.3 is 0 Å². The van der Waals surface area contributed by atoms with E-state index in [4.69, 9.17) is 0 Å². The van der Waals surface area contributed by atoms with E-state index in [9.17, 15) is 0 Å². The molecule has 1 aromatic carbocycles. The van der Waals surface area contributed by atoms with Gasteiger partial charge in [-0.2, -0.15) is 0 Å². The number of allylic oxidation sites excluding steroid dienone is 1. The summed E-state index contributed by atoms with van der Waals surface area (Å²) in [5, 5.41) is 0. The SMILES string of the molecule is CC(C)=Cc1ccccn1.CC(C)Cc1ccccc1.CC(C)Cc1ccncc1. The second-order valence-electron chi connectivity index (χ2n) is 8.51. The lowest BCUT2D eigenvalue weighted by molar-refractivity contribution is 0.646. The monoisotopic (exact) mass is 402 g/mol. The molecule has 2 nitrogen and oxygen atoms in total. The maximum Gasteiger partial charge on any atom is 0.0628 e. The molecular formula is C28H38N2. The summed E-state index contributed by atoms with van der Waals surface area (Å²) in [4.78, 5) is 8.10. The largest absolute Gasteiger partial charge is 0.265 e. The van der Waals surface area contributed by atoms with Crippen molar-refractivity contribution in [1.29, 1.82) is 0 Å². The minimum atomic E-state index is 0.738. The Labute approximate surface area is 184 Å². The van der Waals surface area contributed by atoms with Crippen molar-refractivity contribution in [3.8, 4) is 0 Å². The molecular weight excluding hydrogens is 364 g/mol. The molecule has 0 unspecified atom stereocenters. The summed E-state index contributed by atoms with van der Waals surface area (Å²) in [6.07, 6.45) is 9.90. The topological polar surface area (TPSA) is 25.8 Å². The van der Waals surface area contributed by atoms with Gasteiger partial charge in [0.1, 0.15) is 0 Å². The fourth-order valence-corrected chi connectivity index (χ4v) is 2.83. The highest BCUT2D eigenvalue weighted by atomic mass is 14.6. The van der Waals surface area contributed by atoms with Crippen molar-refractivity contribution in [2.45, 2.75) is 54.4 Å². The third-order valence-corrected chi connectivity index (χ3v) is 4.00. The Hall–Kier alpha value is -2.74. The predicted molar refractivity (Wildman–Crippen MR) is 131 cm³/mol. The summed E-state index contributed by atoms with van der Waals surface area (Å²) in [7, 11) is 0. The van der Waals surface area contributed by atoms with E-state index in [0.717, 1.165) is 24.0 Å². The smallest absolute Gasteiger partial charge is 0.0628 e. The molecule has 3 rings (SSSR count). The summed E-state index contributed by atoms with van der Waals surface area (Å²) < 4.78 is 0. The van der Waals surface area contributed by atoms with E-state index in [1.807, 2.05) is 30.6 Å². The normalized spacial score (nSPS) is 9.87. The highest BCUT2D eigenvalue weighted by Gasteiger charge is 1.95. The van der Waals surface area contributed by atoms with Gasteiger partial charge in [-0.15, -0.1) is 0 Å². The Kier molecular flexibility index (Phi) is 12.8. The van der Waals surface area contributed by atoms with Gasteiger partial charge >= 0.3 is 0 Å². The van der Waals surface area contributed by atoms with Gasteiger partial charge in [-0.3, -0.25) is 9.97 Å². The van der Waals surface area contributed by atoms with Crippen molar-refractivity contribution < 1.29 is 0 Å². The number of nitrogens with zero attached hydrogens (tertiary/aromatic N) is 2. The second-order valence-corrected chi connectivity index (χ2v) is 8.51. The summed E-state index contributed by atoms with van der Waals surface area (Å²) >= 11 is 0. The first-order valence-corrected chi connectivity index (χ1v) is 10.9. The molecule has 0 spiro atoms. The van der Waals surface area contributed by atoms with Crippen LogP contribution in [0.4, 0.5) is 0 Å². The molecule has 0 saturated carbocycles. The van der Waals surface area contributed by atoms with Crippen LogP contribution in [0.2, 0.25) is 0 Å². The lowest BCUT2D eigenvalue weighted by Crippen LogP contribution is -1.92. The molecule has 0 radical (unpaired) electrons. The third kappa shape index (κ3) is 13.4. The van der Waals surface area contributed by atoms with Crippen LogP contribution in [0.1, 0.15) is 58.4 Å². The fraction of sp³-hybridized carbons (Fsp3) is 0.357. The van der Waals surface area contributed by atoms with Gasteiger partial charge in [-0.25, -0.2) is 0 Å². The molecule has 2 heterocycles. The van der Waals surface area contributed by atoms with Gasteiger partial charge in [0.25, 0.3) is 0 Å². The van der Waals surface area contributed by atoms with E-state index in [1.54, 1.807) is 6.20 Å². The Morgan fingerprint density at radius 3 is 1.70 bits per heavy atom. The van der Waals surface area contributed by atoms with Crippen molar-refractivity contribution in [1.82, 2.24) is 9.97 Å². The minimum absolute atomic E-state index is 0.738. The molecule has 3 aromatic rings. The molecule has 0 aliphatic heterocycles. The number of aromatic nitrogens is 2. The number of pyridine rings is 2. The molecule has 0 saturated heterocycles. The van der Waals surface area contributed by atoms with E-state index in [2.05, 4.69) is 100 Å².